The predicted octanol–water partition coefficient (Wildman–Crippen LogP) is 2.47. The van der Waals surface area contributed by atoms with Gasteiger partial charge >= 0.3 is 0 Å². The molecule has 1 heterocycles. The van der Waals surface area contributed by atoms with Gasteiger partial charge < -0.3 is 10.2 Å². The van der Waals surface area contributed by atoms with Crippen molar-refractivity contribution in [2.24, 2.45) is 11.8 Å². The summed E-state index contributed by atoms with van der Waals surface area (Å²) in [6.07, 6.45) is 7.38. The van der Waals surface area contributed by atoms with Crippen LogP contribution in [0.3, 0.4) is 0 Å². The minimum absolute atomic E-state index is 0.0673. The molecule has 4 heteroatoms. The Balaban J connectivity index is 1.92. The maximum Gasteiger partial charge on any atom is 0.249 e. The zero-order valence-corrected chi connectivity index (χ0v) is 13.5. The first-order valence-corrected chi connectivity index (χ1v) is 8.61. The zero-order chi connectivity index (χ0) is 15.2. The Morgan fingerprint density at radius 1 is 1.10 bits per heavy atom. The predicted molar refractivity (Wildman–Crippen MR) is 81.6 cm³/mol. The molecule has 21 heavy (non-hydrogen) atoms. The topological polar surface area (TPSA) is 49.4 Å². The summed E-state index contributed by atoms with van der Waals surface area (Å²) in [4.78, 5) is 27.9. The lowest BCUT2D eigenvalue weighted by atomic mass is 9.77. The van der Waals surface area contributed by atoms with E-state index in [2.05, 4.69) is 12.2 Å². The molecule has 2 atom stereocenters. The summed E-state index contributed by atoms with van der Waals surface area (Å²) in [6.45, 7) is 6.24. The fourth-order valence-corrected chi connectivity index (χ4v) is 4.39. The lowest BCUT2D eigenvalue weighted by molar-refractivity contribution is -0.161. The van der Waals surface area contributed by atoms with Crippen LogP contribution in [-0.4, -0.2) is 34.3 Å². The number of hydrogen-bond donors (Lipinski definition) is 1. The van der Waals surface area contributed by atoms with E-state index < -0.39 is 5.54 Å². The van der Waals surface area contributed by atoms with Gasteiger partial charge in [0.1, 0.15) is 11.6 Å². The van der Waals surface area contributed by atoms with Crippen LogP contribution in [0.25, 0.3) is 0 Å². The van der Waals surface area contributed by atoms with Crippen molar-refractivity contribution in [3.8, 4) is 0 Å². The van der Waals surface area contributed by atoms with Gasteiger partial charge in [-0.25, -0.2) is 0 Å². The van der Waals surface area contributed by atoms with Crippen LogP contribution in [0.1, 0.15) is 65.7 Å². The fraction of sp³-hybridized carbons (Fsp3) is 0.882. The number of carbonyl (C=O) groups is 2. The Kier molecular flexibility index (Phi) is 3.74. The van der Waals surface area contributed by atoms with Gasteiger partial charge in [0.15, 0.2) is 0 Å². The molecule has 1 spiro atoms. The molecule has 1 N–H and O–H groups in total. The summed E-state index contributed by atoms with van der Waals surface area (Å²) in [6, 6.07) is -0.0958. The van der Waals surface area contributed by atoms with Crippen molar-refractivity contribution in [1.82, 2.24) is 10.2 Å². The SMILES string of the molecule is CC(C)C1C(=O)NC2(CCCC2)C(=O)N1C(C)C1CCC1. The smallest absolute Gasteiger partial charge is 0.249 e. The van der Waals surface area contributed by atoms with Crippen LogP contribution in [0.15, 0.2) is 0 Å². The van der Waals surface area contributed by atoms with Crippen LogP contribution in [-0.2, 0) is 9.59 Å². The van der Waals surface area contributed by atoms with Crippen molar-refractivity contribution < 1.29 is 9.59 Å². The van der Waals surface area contributed by atoms with Crippen molar-refractivity contribution in [1.29, 1.82) is 0 Å². The molecule has 0 aromatic heterocycles. The van der Waals surface area contributed by atoms with Gasteiger partial charge in [-0.1, -0.05) is 33.1 Å². The molecule has 4 nitrogen and oxygen atoms in total. The summed E-state index contributed by atoms with van der Waals surface area (Å²) in [5.74, 6) is 1.00. The Morgan fingerprint density at radius 3 is 2.19 bits per heavy atom. The highest BCUT2D eigenvalue weighted by molar-refractivity contribution is 6.00. The molecule has 2 saturated carbocycles. The monoisotopic (exact) mass is 292 g/mol. The van der Waals surface area contributed by atoms with Gasteiger partial charge in [-0.15, -0.1) is 0 Å². The Morgan fingerprint density at radius 2 is 1.71 bits per heavy atom. The quantitative estimate of drug-likeness (QED) is 0.868. The first-order valence-electron chi connectivity index (χ1n) is 8.61. The summed E-state index contributed by atoms with van der Waals surface area (Å²) in [7, 11) is 0. The number of amides is 2. The van der Waals surface area contributed by atoms with Crippen LogP contribution in [0.5, 0.6) is 0 Å². The van der Waals surface area contributed by atoms with Gasteiger partial charge in [0, 0.05) is 6.04 Å². The fourth-order valence-electron chi connectivity index (χ4n) is 4.39. The van der Waals surface area contributed by atoms with Crippen LogP contribution in [0.4, 0.5) is 0 Å². The van der Waals surface area contributed by atoms with Gasteiger partial charge in [-0.2, -0.15) is 0 Å². The summed E-state index contributed by atoms with van der Waals surface area (Å²) in [5, 5.41) is 3.10. The van der Waals surface area contributed by atoms with E-state index in [-0.39, 0.29) is 29.8 Å². The van der Waals surface area contributed by atoms with E-state index in [1.54, 1.807) is 0 Å². The molecule has 3 aliphatic rings. The van der Waals surface area contributed by atoms with Gasteiger partial charge in [-0.3, -0.25) is 9.59 Å². The lowest BCUT2D eigenvalue weighted by Crippen LogP contribution is -2.72. The maximum absolute atomic E-state index is 13.2. The molecular formula is C17H28N2O2. The second-order valence-electron chi connectivity index (χ2n) is 7.61. The van der Waals surface area contributed by atoms with Crippen molar-refractivity contribution >= 4 is 11.8 Å². The van der Waals surface area contributed by atoms with E-state index in [1.807, 2.05) is 18.7 Å². The first-order chi connectivity index (χ1) is 9.96. The molecule has 0 radical (unpaired) electrons. The largest absolute Gasteiger partial charge is 0.340 e. The third-order valence-corrected chi connectivity index (χ3v) is 5.93. The second kappa shape index (κ2) is 5.29. The van der Waals surface area contributed by atoms with E-state index in [0.29, 0.717) is 5.92 Å². The van der Waals surface area contributed by atoms with Crippen LogP contribution in [0, 0.1) is 11.8 Å². The van der Waals surface area contributed by atoms with Gasteiger partial charge in [-0.05, 0) is 44.4 Å². The third-order valence-electron chi connectivity index (χ3n) is 5.93. The highest BCUT2D eigenvalue weighted by atomic mass is 16.2. The average molecular weight is 292 g/mol. The second-order valence-corrected chi connectivity index (χ2v) is 7.61. The maximum atomic E-state index is 13.2. The molecule has 3 fully saturated rings. The average Bonchev–Trinajstić information content (AvgIpc) is 2.80. The number of nitrogens with one attached hydrogen (secondary N) is 1. The summed E-state index contributed by atoms with van der Waals surface area (Å²) in [5.41, 5.74) is -0.583. The molecule has 0 aromatic rings. The molecule has 1 aliphatic heterocycles. The van der Waals surface area contributed by atoms with Crippen LogP contribution >= 0.6 is 0 Å². The Hall–Kier alpha value is -1.06. The van der Waals surface area contributed by atoms with Crippen molar-refractivity contribution in [3.63, 3.8) is 0 Å². The number of hydrogen-bond acceptors (Lipinski definition) is 2. The number of rotatable bonds is 3. The molecule has 2 amide bonds. The third kappa shape index (κ3) is 2.27. The Bertz CT molecular complexity index is 436. The van der Waals surface area contributed by atoms with Crippen LogP contribution < -0.4 is 5.32 Å². The standard InChI is InChI=1S/C17H28N2O2/c1-11(2)14-15(20)18-17(9-4-5-10-17)16(21)19(14)12(3)13-7-6-8-13/h11-14H,4-10H2,1-3H3,(H,18,20). The molecule has 118 valence electrons. The van der Waals surface area contributed by atoms with E-state index in [4.69, 9.17) is 0 Å². The first kappa shape index (κ1) is 14.9. The highest BCUT2D eigenvalue weighted by Gasteiger charge is 2.54. The lowest BCUT2D eigenvalue weighted by Gasteiger charge is -2.51. The number of carbonyl (C=O) groups excluding carboxylic acids is 2. The zero-order valence-electron chi connectivity index (χ0n) is 13.5. The van der Waals surface area contributed by atoms with E-state index in [9.17, 15) is 9.59 Å². The minimum Gasteiger partial charge on any atom is -0.340 e. The number of piperazine rings is 1. The van der Waals surface area contributed by atoms with Crippen molar-refractivity contribution in [2.45, 2.75) is 83.3 Å². The van der Waals surface area contributed by atoms with Crippen molar-refractivity contribution in [3.05, 3.63) is 0 Å². The molecule has 2 aliphatic carbocycles. The molecular weight excluding hydrogens is 264 g/mol. The van der Waals surface area contributed by atoms with E-state index in [0.717, 1.165) is 25.7 Å². The normalized spacial score (nSPS) is 30.7. The molecule has 3 rings (SSSR count). The number of nitrogens with zero attached hydrogens (tertiary/aromatic N) is 1. The Labute approximate surface area is 127 Å². The van der Waals surface area contributed by atoms with Gasteiger partial charge in [0.25, 0.3) is 0 Å². The minimum atomic E-state index is -0.583. The van der Waals surface area contributed by atoms with Crippen molar-refractivity contribution in [2.75, 3.05) is 0 Å². The van der Waals surface area contributed by atoms with Gasteiger partial charge in [0.2, 0.25) is 11.8 Å². The molecule has 0 aromatic carbocycles. The van der Waals surface area contributed by atoms with Gasteiger partial charge in [0.05, 0.1) is 0 Å². The molecule has 1 saturated heterocycles. The van der Waals surface area contributed by atoms with Crippen LogP contribution in [0.2, 0.25) is 0 Å². The van der Waals surface area contributed by atoms with E-state index in [1.165, 1.54) is 19.3 Å². The highest BCUT2D eigenvalue weighted by Crippen LogP contribution is 2.40. The molecule has 0 bridgehead atoms. The summed E-state index contributed by atoms with van der Waals surface area (Å²) >= 11 is 0. The van der Waals surface area contributed by atoms with E-state index >= 15 is 0 Å². The molecule has 2 unspecified atom stereocenters. The summed E-state index contributed by atoms with van der Waals surface area (Å²) < 4.78 is 0.